The highest BCUT2D eigenvalue weighted by Gasteiger charge is 2.19. The third kappa shape index (κ3) is 3.47. The van der Waals surface area contributed by atoms with Crippen LogP contribution in [0.2, 0.25) is 0 Å². The Morgan fingerprint density at radius 3 is 2.70 bits per heavy atom. The number of carbonyl (C=O) groups is 1. The number of carbonyl (C=O) groups excluding carboxylic acids is 1. The number of likely N-dealkylation sites (N-methyl/N-ethyl adjacent to an activating group) is 1. The molecule has 7 heteroatoms. The van der Waals surface area contributed by atoms with Gasteiger partial charge >= 0.3 is 0 Å². The molecule has 0 spiro atoms. The highest BCUT2D eigenvalue weighted by Crippen LogP contribution is 2.25. The molecule has 0 bridgehead atoms. The van der Waals surface area contributed by atoms with Crippen LogP contribution >= 0.6 is 0 Å². The van der Waals surface area contributed by atoms with Gasteiger partial charge in [0, 0.05) is 32.2 Å². The summed E-state index contributed by atoms with van der Waals surface area (Å²) in [6.45, 7) is 5.22. The predicted molar refractivity (Wildman–Crippen MR) is 105 cm³/mol. The number of nitrogens with zero attached hydrogens (tertiary/aromatic N) is 3. The van der Waals surface area contributed by atoms with Crippen molar-refractivity contribution in [3.05, 3.63) is 46.1 Å². The van der Waals surface area contributed by atoms with E-state index in [1.807, 2.05) is 10.5 Å². The monoisotopic (exact) mass is 370 g/mol. The number of amides is 1. The van der Waals surface area contributed by atoms with E-state index >= 15 is 0 Å². The molecule has 1 N–H and O–H groups in total. The Kier molecular flexibility index (Phi) is 5.60. The van der Waals surface area contributed by atoms with Gasteiger partial charge in [0.05, 0.1) is 23.8 Å². The lowest BCUT2D eigenvalue weighted by Gasteiger charge is -2.17. The Labute approximate surface area is 158 Å². The lowest BCUT2D eigenvalue weighted by molar-refractivity contribution is 0.0744. The summed E-state index contributed by atoms with van der Waals surface area (Å²) in [5.74, 6) is 1.03. The van der Waals surface area contributed by atoms with Gasteiger partial charge in [-0.3, -0.25) is 14.0 Å². The highest BCUT2D eigenvalue weighted by molar-refractivity contribution is 5.97. The zero-order valence-electron chi connectivity index (χ0n) is 16.3. The second kappa shape index (κ2) is 7.92. The van der Waals surface area contributed by atoms with Gasteiger partial charge in [-0.15, -0.1) is 0 Å². The van der Waals surface area contributed by atoms with Crippen molar-refractivity contribution in [1.29, 1.82) is 0 Å². The number of ether oxygens (including phenoxy) is 1. The van der Waals surface area contributed by atoms with Crippen LogP contribution in [0.25, 0.3) is 16.6 Å². The summed E-state index contributed by atoms with van der Waals surface area (Å²) >= 11 is 0. The largest absolute Gasteiger partial charge is 0.383 e. The van der Waals surface area contributed by atoms with E-state index in [-0.39, 0.29) is 17.4 Å². The number of nitrogens with one attached hydrogen (secondary N) is 1. The number of hydrogen-bond donors (Lipinski definition) is 1. The van der Waals surface area contributed by atoms with Gasteiger partial charge in [0.15, 0.2) is 0 Å². The molecule has 1 aromatic carbocycles. The lowest BCUT2D eigenvalue weighted by atomic mass is 10.0. The quantitative estimate of drug-likeness (QED) is 0.693. The Bertz CT molecular complexity index is 1020. The molecule has 2 heterocycles. The molecule has 0 unspecified atom stereocenters. The van der Waals surface area contributed by atoms with Crippen LogP contribution in [0.4, 0.5) is 0 Å². The molecular formula is C20H26N4O3. The van der Waals surface area contributed by atoms with E-state index in [4.69, 9.17) is 4.74 Å². The molecule has 144 valence electrons. The molecule has 0 fully saturated rings. The third-order valence-electron chi connectivity index (χ3n) is 5.08. The summed E-state index contributed by atoms with van der Waals surface area (Å²) in [7, 11) is 3.36. The van der Waals surface area contributed by atoms with Crippen LogP contribution in [0.3, 0.4) is 0 Å². The number of aromatic amines is 1. The summed E-state index contributed by atoms with van der Waals surface area (Å²) in [6, 6.07) is 5.35. The van der Waals surface area contributed by atoms with Crippen LogP contribution in [0.5, 0.6) is 0 Å². The van der Waals surface area contributed by atoms with Crippen LogP contribution < -0.4 is 5.56 Å². The normalized spacial score (nSPS) is 11.6. The maximum absolute atomic E-state index is 12.7. The fraction of sp³-hybridized carbons (Fsp3) is 0.450. The van der Waals surface area contributed by atoms with E-state index in [0.717, 1.165) is 24.2 Å². The van der Waals surface area contributed by atoms with Crippen molar-refractivity contribution < 1.29 is 9.53 Å². The van der Waals surface area contributed by atoms with Gasteiger partial charge in [0.2, 0.25) is 0 Å². The molecule has 1 amide bonds. The minimum Gasteiger partial charge on any atom is -0.383 e. The average molecular weight is 370 g/mol. The van der Waals surface area contributed by atoms with Gasteiger partial charge < -0.3 is 14.6 Å². The van der Waals surface area contributed by atoms with E-state index in [2.05, 4.69) is 23.8 Å². The van der Waals surface area contributed by atoms with Crippen molar-refractivity contribution in [3.8, 4) is 0 Å². The molecule has 7 nitrogen and oxygen atoms in total. The number of hydrogen-bond acceptors (Lipinski definition) is 4. The number of fused-ring (bicyclic) bond motifs is 3. The molecule has 0 aliphatic carbocycles. The van der Waals surface area contributed by atoms with Crippen molar-refractivity contribution in [3.63, 3.8) is 0 Å². The minimum absolute atomic E-state index is 0.0856. The summed E-state index contributed by atoms with van der Waals surface area (Å²) in [6.07, 6.45) is 3.48. The fourth-order valence-corrected chi connectivity index (χ4v) is 3.41. The molecule has 27 heavy (non-hydrogen) atoms. The smallest absolute Gasteiger partial charge is 0.274 e. The van der Waals surface area contributed by atoms with Crippen LogP contribution in [0.1, 0.15) is 48.8 Å². The van der Waals surface area contributed by atoms with Gasteiger partial charge in [-0.05, 0) is 31.0 Å². The van der Waals surface area contributed by atoms with Gasteiger partial charge in [0.25, 0.3) is 11.5 Å². The third-order valence-corrected chi connectivity index (χ3v) is 5.08. The minimum atomic E-state index is -0.177. The van der Waals surface area contributed by atoms with Crippen LogP contribution in [0, 0.1) is 0 Å². The van der Waals surface area contributed by atoms with Crippen molar-refractivity contribution in [2.24, 2.45) is 0 Å². The molecule has 3 rings (SSSR count). The number of methoxy groups -OCH3 is 1. The Morgan fingerprint density at radius 2 is 2.04 bits per heavy atom. The molecule has 3 aromatic rings. The SMILES string of the molecule is CCC(CC)c1ncc2c(=O)[nH]c3ccc(C(=O)N(C)CCOC)cc3n12. The molecule has 0 aliphatic rings. The summed E-state index contributed by atoms with van der Waals surface area (Å²) in [5, 5.41) is 0. The first kappa shape index (κ1) is 19.1. The molecule has 2 aromatic heterocycles. The van der Waals surface area contributed by atoms with Crippen LogP contribution in [-0.2, 0) is 4.74 Å². The van der Waals surface area contributed by atoms with Crippen LogP contribution in [0.15, 0.2) is 29.2 Å². The van der Waals surface area contributed by atoms with Crippen molar-refractivity contribution in [1.82, 2.24) is 19.3 Å². The topological polar surface area (TPSA) is 79.7 Å². The van der Waals surface area contributed by atoms with Crippen molar-refractivity contribution in [2.45, 2.75) is 32.6 Å². The number of imidazole rings is 1. The Hall–Kier alpha value is -2.67. The maximum atomic E-state index is 12.7. The van der Waals surface area contributed by atoms with Gasteiger partial charge in [-0.2, -0.15) is 0 Å². The van der Waals surface area contributed by atoms with Gasteiger partial charge in [-0.25, -0.2) is 4.98 Å². The number of H-pyrrole nitrogens is 1. The van der Waals surface area contributed by atoms with Crippen molar-refractivity contribution in [2.75, 3.05) is 27.3 Å². The Morgan fingerprint density at radius 1 is 1.30 bits per heavy atom. The first-order valence-corrected chi connectivity index (χ1v) is 9.29. The summed E-state index contributed by atoms with van der Waals surface area (Å²) in [4.78, 5) is 34.2. The van der Waals surface area contributed by atoms with Gasteiger partial charge in [-0.1, -0.05) is 13.8 Å². The second-order valence-corrected chi connectivity index (χ2v) is 6.76. The van der Waals surface area contributed by atoms with Crippen LogP contribution in [-0.4, -0.2) is 52.5 Å². The number of aromatic nitrogens is 3. The molecule has 0 saturated heterocycles. The zero-order chi connectivity index (χ0) is 19.6. The maximum Gasteiger partial charge on any atom is 0.274 e. The first-order chi connectivity index (χ1) is 13.0. The first-order valence-electron chi connectivity index (χ1n) is 9.29. The number of rotatable bonds is 7. The molecule has 0 radical (unpaired) electrons. The lowest BCUT2D eigenvalue weighted by Crippen LogP contribution is -2.30. The predicted octanol–water partition coefficient (Wildman–Crippen LogP) is 2.80. The van der Waals surface area contributed by atoms with Crippen molar-refractivity contribution >= 4 is 22.5 Å². The second-order valence-electron chi connectivity index (χ2n) is 6.76. The standard InChI is InChI=1S/C20H26N4O3/c1-5-13(6-2)18-21-12-17-19(25)22-15-8-7-14(11-16(15)24(17)18)20(26)23(3)9-10-27-4/h7-8,11-13H,5-6,9-10H2,1-4H3,(H,22,25). The average Bonchev–Trinajstić information content (AvgIpc) is 3.12. The zero-order valence-corrected chi connectivity index (χ0v) is 16.3. The molecule has 0 aliphatic heterocycles. The molecular weight excluding hydrogens is 344 g/mol. The Balaban J connectivity index is 2.18. The highest BCUT2D eigenvalue weighted by atomic mass is 16.5. The van der Waals surface area contributed by atoms with Gasteiger partial charge in [0.1, 0.15) is 11.3 Å². The van der Waals surface area contributed by atoms with E-state index < -0.39 is 0 Å². The van der Waals surface area contributed by atoms with E-state index in [1.54, 1.807) is 37.4 Å². The summed E-state index contributed by atoms with van der Waals surface area (Å²) < 4.78 is 6.95. The molecule has 0 atom stereocenters. The van der Waals surface area contributed by atoms with E-state index in [0.29, 0.717) is 29.7 Å². The van der Waals surface area contributed by atoms with E-state index in [1.165, 1.54) is 0 Å². The fourth-order valence-electron chi connectivity index (χ4n) is 3.41. The number of benzene rings is 1. The summed E-state index contributed by atoms with van der Waals surface area (Å²) in [5.41, 5.74) is 2.37. The molecule has 0 saturated carbocycles. The van der Waals surface area contributed by atoms with E-state index in [9.17, 15) is 9.59 Å².